The molecule has 1 fully saturated rings. The first-order chi connectivity index (χ1) is 10.8. The van der Waals surface area contributed by atoms with Crippen LogP contribution in [0.1, 0.15) is 18.7 Å². The number of hydrogen-bond donors (Lipinski definition) is 1. The molecular weight excluding hydrogens is 296 g/mol. The van der Waals surface area contributed by atoms with Gasteiger partial charge in [0, 0.05) is 17.9 Å². The molecule has 112 valence electrons. The van der Waals surface area contributed by atoms with Crippen molar-refractivity contribution in [2.24, 2.45) is 0 Å². The summed E-state index contributed by atoms with van der Waals surface area (Å²) in [7, 11) is 0. The van der Waals surface area contributed by atoms with Gasteiger partial charge in [-0.15, -0.1) is 11.3 Å². The summed E-state index contributed by atoms with van der Waals surface area (Å²) in [6, 6.07) is 12.0. The Kier molecular flexibility index (Phi) is 3.52. The lowest BCUT2D eigenvalue weighted by Crippen LogP contribution is -2.16. The van der Waals surface area contributed by atoms with Crippen LogP contribution in [0, 0.1) is 0 Å². The molecule has 1 aliphatic heterocycles. The summed E-state index contributed by atoms with van der Waals surface area (Å²) < 4.78 is 5.62. The van der Waals surface area contributed by atoms with Crippen molar-refractivity contribution in [3.05, 3.63) is 52.6 Å². The van der Waals surface area contributed by atoms with Gasteiger partial charge in [0.2, 0.25) is 0 Å². The molecule has 1 atom stereocenters. The molecule has 3 aromatic rings. The minimum absolute atomic E-state index is 0.0589. The van der Waals surface area contributed by atoms with Crippen molar-refractivity contribution in [1.82, 2.24) is 9.97 Å². The van der Waals surface area contributed by atoms with E-state index in [0.29, 0.717) is 11.8 Å². The number of aromatic nitrogens is 2. The summed E-state index contributed by atoms with van der Waals surface area (Å²) in [5.74, 6) is 0.728. The second-order valence-electron chi connectivity index (χ2n) is 5.55. The van der Waals surface area contributed by atoms with Crippen LogP contribution in [0.25, 0.3) is 20.7 Å². The molecule has 0 aliphatic carbocycles. The number of benzene rings is 1. The van der Waals surface area contributed by atoms with E-state index in [4.69, 9.17) is 4.74 Å². The average molecular weight is 312 g/mol. The molecule has 0 saturated carbocycles. The first kappa shape index (κ1) is 13.7. The predicted octanol–water partition coefficient (Wildman–Crippen LogP) is 3.37. The number of thiophene rings is 1. The van der Waals surface area contributed by atoms with Gasteiger partial charge in [0.25, 0.3) is 5.56 Å². The molecule has 4 rings (SSSR count). The van der Waals surface area contributed by atoms with Crippen molar-refractivity contribution in [1.29, 1.82) is 0 Å². The lowest BCUT2D eigenvalue weighted by atomic mass is 10.1. The Bertz CT molecular complexity index is 848. The van der Waals surface area contributed by atoms with Crippen LogP contribution in [0.2, 0.25) is 0 Å². The molecule has 0 radical (unpaired) electrons. The van der Waals surface area contributed by atoms with Crippen molar-refractivity contribution < 1.29 is 4.74 Å². The third kappa shape index (κ3) is 2.58. The molecule has 0 bridgehead atoms. The van der Waals surface area contributed by atoms with E-state index < -0.39 is 0 Å². The number of hydrogen-bond acceptors (Lipinski definition) is 4. The SMILES string of the molecule is O=c1[nH]c(C[C@H]2CCCO2)nc2sc(-c3ccccc3)cc12. The van der Waals surface area contributed by atoms with Gasteiger partial charge >= 0.3 is 0 Å². The van der Waals surface area contributed by atoms with Crippen LogP contribution in [0.3, 0.4) is 0 Å². The minimum Gasteiger partial charge on any atom is -0.378 e. The van der Waals surface area contributed by atoms with Gasteiger partial charge in [0.15, 0.2) is 0 Å². The van der Waals surface area contributed by atoms with Crippen LogP contribution in [0.15, 0.2) is 41.2 Å². The fraction of sp³-hybridized carbons (Fsp3) is 0.294. The van der Waals surface area contributed by atoms with Crippen molar-refractivity contribution in [2.75, 3.05) is 6.61 Å². The van der Waals surface area contributed by atoms with E-state index in [9.17, 15) is 4.79 Å². The summed E-state index contributed by atoms with van der Waals surface area (Å²) in [6.07, 6.45) is 3.01. The number of nitrogens with zero attached hydrogens (tertiary/aromatic N) is 1. The molecule has 0 spiro atoms. The number of ether oxygens (including phenoxy) is 1. The van der Waals surface area contributed by atoms with E-state index in [1.165, 1.54) is 0 Å². The highest BCUT2D eigenvalue weighted by Gasteiger charge is 2.18. The van der Waals surface area contributed by atoms with Crippen molar-refractivity contribution in [2.45, 2.75) is 25.4 Å². The Morgan fingerprint density at radius 1 is 1.32 bits per heavy atom. The molecule has 1 saturated heterocycles. The summed E-state index contributed by atoms with van der Waals surface area (Å²) in [5, 5.41) is 0.667. The normalized spacial score (nSPS) is 18.1. The third-order valence-corrected chi connectivity index (χ3v) is 5.03. The topological polar surface area (TPSA) is 55.0 Å². The number of rotatable bonds is 3. The fourth-order valence-electron chi connectivity index (χ4n) is 2.84. The Hall–Kier alpha value is -1.98. The lowest BCUT2D eigenvalue weighted by molar-refractivity contribution is 0.110. The molecule has 5 heteroatoms. The van der Waals surface area contributed by atoms with Crippen LogP contribution >= 0.6 is 11.3 Å². The molecule has 1 N–H and O–H groups in total. The van der Waals surface area contributed by atoms with Crippen LogP contribution < -0.4 is 5.56 Å². The molecule has 1 aromatic carbocycles. The maximum absolute atomic E-state index is 12.3. The lowest BCUT2D eigenvalue weighted by Gasteiger charge is -2.07. The number of fused-ring (bicyclic) bond motifs is 1. The van der Waals surface area contributed by atoms with Crippen LogP contribution in [0.4, 0.5) is 0 Å². The first-order valence-corrected chi connectivity index (χ1v) is 8.31. The van der Waals surface area contributed by atoms with E-state index in [2.05, 4.69) is 9.97 Å². The van der Waals surface area contributed by atoms with Gasteiger partial charge in [0.05, 0.1) is 11.5 Å². The third-order valence-electron chi connectivity index (χ3n) is 3.95. The Morgan fingerprint density at radius 2 is 2.18 bits per heavy atom. The van der Waals surface area contributed by atoms with Crippen molar-refractivity contribution >= 4 is 21.6 Å². The standard InChI is InChI=1S/C17H16N2O2S/c20-16-13-10-14(11-5-2-1-3-6-11)22-17(13)19-15(18-16)9-12-7-4-8-21-12/h1-3,5-6,10,12H,4,7-9H2,(H,18,19,20)/t12-/m1/s1. The van der Waals surface area contributed by atoms with Crippen LogP contribution in [-0.2, 0) is 11.2 Å². The Balaban J connectivity index is 1.73. The Morgan fingerprint density at radius 3 is 2.95 bits per heavy atom. The quantitative estimate of drug-likeness (QED) is 0.806. The van der Waals surface area contributed by atoms with Crippen molar-refractivity contribution in [3.8, 4) is 10.4 Å². The highest BCUT2D eigenvalue weighted by Crippen LogP contribution is 2.30. The molecule has 0 amide bonds. The number of aromatic amines is 1. The molecule has 0 unspecified atom stereocenters. The van der Waals surface area contributed by atoms with E-state index >= 15 is 0 Å². The summed E-state index contributed by atoms with van der Waals surface area (Å²) >= 11 is 1.56. The first-order valence-electron chi connectivity index (χ1n) is 7.49. The maximum Gasteiger partial charge on any atom is 0.259 e. The second kappa shape index (κ2) is 5.66. The fourth-order valence-corrected chi connectivity index (χ4v) is 3.89. The number of nitrogens with one attached hydrogen (secondary N) is 1. The Labute approximate surface area is 131 Å². The highest BCUT2D eigenvalue weighted by atomic mass is 32.1. The summed E-state index contributed by atoms with van der Waals surface area (Å²) in [5.41, 5.74) is 1.06. The smallest absolute Gasteiger partial charge is 0.259 e. The van der Waals surface area contributed by atoms with Gasteiger partial charge < -0.3 is 9.72 Å². The average Bonchev–Trinajstić information content (AvgIpc) is 3.18. The molecule has 3 heterocycles. The second-order valence-corrected chi connectivity index (χ2v) is 6.58. The van der Waals surface area contributed by atoms with E-state index in [0.717, 1.165) is 40.5 Å². The van der Waals surface area contributed by atoms with E-state index in [1.54, 1.807) is 11.3 Å². The van der Waals surface area contributed by atoms with Crippen molar-refractivity contribution in [3.63, 3.8) is 0 Å². The summed E-state index contributed by atoms with van der Waals surface area (Å²) in [4.78, 5) is 21.7. The highest BCUT2D eigenvalue weighted by molar-refractivity contribution is 7.21. The monoisotopic (exact) mass is 312 g/mol. The molecular formula is C17H16N2O2S. The largest absolute Gasteiger partial charge is 0.378 e. The zero-order valence-electron chi connectivity index (χ0n) is 12.0. The van der Waals surface area contributed by atoms with E-state index in [1.807, 2.05) is 36.4 Å². The van der Waals surface area contributed by atoms with Gasteiger partial charge in [-0.25, -0.2) is 4.98 Å². The van der Waals surface area contributed by atoms with Crippen LogP contribution in [0.5, 0.6) is 0 Å². The van der Waals surface area contributed by atoms with Crippen LogP contribution in [-0.4, -0.2) is 22.7 Å². The summed E-state index contributed by atoms with van der Waals surface area (Å²) in [6.45, 7) is 0.814. The molecule has 22 heavy (non-hydrogen) atoms. The zero-order valence-corrected chi connectivity index (χ0v) is 12.9. The minimum atomic E-state index is -0.0589. The van der Waals surface area contributed by atoms with Gasteiger partial charge in [-0.2, -0.15) is 0 Å². The predicted molar refractivity (Wildman–Crippen MR) is 88.4 cm³/mol. The van der Waals surface area contributed by atoms with Gasteiger partial charge in [-0.1, -0.05) is 30.3 Å². The zero-order chi connectivity index (χ0) is 14.9. The molecule has 4 nitrogen and oxygen atoms in total. The van der Waals surface area contributed by atoms with Gasteiger partial charge in [-0.05, 0) is 24.5 Å². The number of H-pyrrole nitrogens is 1. The van der Waals surface area contributed by atoms with Gasteiger partial charge in [0.1, 0.15) is 10.7 Å². The van der Waals surface area contributed by atoms with E-state index in [-0.39, 0.29) is 11.7 Å². The molecule has 1 aliphatic rings. The van der Waals surface area contributed by atoms with Gasteiger partial charge in [-0.3, -0.25) is 4.79 Å². The molecule has 2 aromatic heterocycles. The maximum atomic E-state index is 12.3.